The Balaban J connectivity index is 2.48. The topological polar surface area (TPSA) is 59.2 Å². The van der Waals surface area contributed by atoms with Crippen LogP contribution in [-0.2, 0) is 9.53 Å². The van der Waals surface area contributed by atoms with Crippen molar-refractivity contribution in [1.29, 1.82) is 0 Å². The zero-order valence-corrected chi connectivity index (χ0v) is 8.97. The van der Waals surface area contributed by atoms with Crippen LogP contribution in [0, 0.1) is 0 Å². The summed E-state index contributed by atoms with van der Waals surface area (Å²) in [6, 6.07) is 3.46. The summed E-state index contributed by atoms with van der Waals surface area (Å²) >= 11 is 0. The third-order valence-electron chi connectivity index (χ3n) is 1.76. The second-order valence-corrected chi connectivity index (χ2v) is 2.96. The molecule has 1 rings (SSSR count). The number of esters is 1. The fourth-order valence-electron chi connectivity index (χ4n) is 1.08. The van der Waals surface area contributed by atoms with Gasteiger partial charge in [0.15, 0.2) is 6.29 Å². The number of carbonyl (C=O) groups is 2. The number of H-pyrrole nitrogens is 1. The van der Waals surface area contributed by atoms with Crippen LogP contribution in [-0.4, -0.2) is 23.8 Å². The van der Waals surface area contributed by atoms with Gasteiger partial charge in [0.05, 0.1) is 12.3 Å². The number of hydrogen-bond donors (Lipinski definition) is 1. The number of rotatable bonds is 5. The van der Waals surface area contributed by atoms with Crippen LogP contribution in [0.1, 0.15) is 23.1 Å². The van der Waals surface area contributed by atoms with Crippen LogP contribution in [0.25, 0.3) is 6.08 Å². The Morgan fingerprint density at radius 1 is 1.38 bits per heavy atom. The molecule has 0 amide bonds. The molecule has 4 heteroatoms. The minimum absolute atomic E-state index is 0.367. The molecular weight excluding hydrogens is 206 g/mol. The number of aromatic nitrogens is 1. The molecule has 0 fully saturated rings. The molecule has 0 radical (unpaired) electrons. The fraction of sp³-hybridized carbons (Fsp3) is 0.167. The molecule has 0 aromatic carbocycles. The Hall–Kier alpha value is -2.10. The number of aldehydes is 1. The van der Waals surface area contributed by atoms with Gasteiger partial charge in [-0.1, -0.05) is 12.2 Å². The molecule has 1 N–H and O–H groups in total. The van der Waals surface area contributed by atoms with E-state index in [-0.39, 0.29) is 5.97 Å². The maximum absolute atomic E-state index is 10.9. The number of aromatic amines is 1. The molecule has 0 aliphatic carbocycles. The molecule has 0 saturated carbocycles. The SMILES string of the molecule is CCOC(=O)/C=C\C=C/c1ccc(C=O)[nH]1. The summed E-state index contributed by atoms with van der Waals surface area (Å²) in [4.78, 5) is 24.2. The van der Waals surface area contributed by atoms with Gasteiger partial charge in [0.25, 0.3) is 0 Å². The number of ether oxygens (including phenoxy) is 1. The summed E-state index contributed by atoms with van der Waals surface area (Å²) in [6.45, 7) is 2.12. The third-order valence-corrected chi connectivity index (χ3v) is 1.76. The molecule has 1 aromatic rings. The van der Waals surface area contributed by atoms with E-state index in [1.165, 1.54) is 6.08 Å². The van der Waals surface area contributed by atoms with Gasteiger partial charge in [-0.2, -0.15) is 0 Å². The Morgan fingerprint density at radius 2 is 2.12 bits per heavy atom. The molecule has 0 spiro atoms. The lowest BCUT2D eigenvalue weighted by Gasteiger charge is -1.92. The molecule has 84 valence electrons. The lowest BCUT2D eigenvalue weighted by molar-refractivity contribution is -0.137. The Labute approximate surface area is 93.6 Å². The molecule has 16 heavy (non-hydrogen) atoms. The van der Waals surface area contributed by atoms with Crippen molar-refractivity contribution in [2.45, 2.75) is 6.92 Å². The maximum atomic E-state index is 10.9. The van der Waals surface area contributed by atoms with Gasteiger partial charge in [-0.05, 0) is 25.1 Å². The van der Waals surface area contributed by atoms with Crippen molar-refractivity contribution < 1.29 is 14.3 Å². The minimum Gasteiger partial charge on any atom is -0.463 e. The zero-order chi connectivity index (χ0) is 11.8. The number of nitrogens with one attached hydrogen (secondary N) is 1. The average Bonchev–Trinajstić information content (AvgIpc) is 2.73. The smallest absolute Gasteiger partial charge is 0.330 e. The van der Waals surface area contributed by atoms with E-state index in [1.54, 1.807) is 37.3 Å². The number of carbonyl (C=O) groups excluding carboxylic acids is 2. The van der Waals surface area contributed by atoms with Crippen LogP contribution in [0.4, 0.5) is 0 Å². The van der Waals surface area contributed by atoms with Crippen molar-refractivity contribution in [3.8, 4) is 0 Å². The van der Waals surface area contributed by atoms with Crippen LogP contribution in [0.3, 0.4) is 0 Å². The molecule has 4 nitrogen and oxygen atoms in total. The largest absolute Gasteiger partial charge is 0.463 e. The molecule has 1 aromatic heterocycles. The van der Waals surface area contributed by atoms with Crippen LogP contribution >= 0.6 is 0 Å². The van der Waals surface area contributed by atoms with Crippen molar-refractivity contribution in [2.24, 2.45) is 0 Å². The molecule has 0 saturated heterocycles. The third kappa shape index (κ3) is 3.96. The highest BCUT2D eigenvalue weighted by Gasteiger charge is 1.92. The molecule has 0 aliphatic rings. The first-order valence-electron chi connectivity index (χ1n) is 4.92. The second kappa shape index (κ2) is 6.40. The highest BCUT2D eigenvalue weighted by molar-refractivity contribution is 5.82. The van der Waals surface area contributed by atoms with Crippen molar-refractivity contribution >= 4 is 18.3 Å². The lowest BCUT2D eigenvalue weighted by Crippen LogP contribution is -1.98. The van der Waals surface area contributed by atoms with E-state index in [2.05, 4.69) is 4.98 Å². The summed E-state index contributed by atoms with van der Waals surface area (Å²) in [5, 5.41) is 0. The predicted octanol–water partition coefficient (Wildman–Crippen LogP) is 1.96. The van der Waals surface area contributed by atoms with Crippen molar-refractivity contribution in [2.75, 3.05) is 6.61 Å². The monoisotopic (exact) mass is 219 g/mol. The van der Waals surface area contributed by atoms with Gasteiger partial charge in [0.2, 0.25) is 0 Å². The van der Waals surface area contributed by atoms with E-state index in [1.807, 2.05) is 0 Å². The van der Waals surface area contributed by atoms with Gasteiger partial charge < -0.3 is 9.72 Å². The predicted molar refractivity (Wildman–Crippen MR) is 61.0 cm³/mol. The van der Waals surface area contributed by atoms with E-state index < -0.39 is 0 Å². The summed E-state index contributed by atoms with van der Waals surface area (Å²) in [5.41, 5.74) is 1.32. The van der Waals surface area contributed by atoms with Crippen molar-refractivity contribution in [1.82, 2.24) is 4.98 Å². The van der Waals surface area contributed by atoms with Gasteiger partial charge in [-0.25, -0.2) is 4.79 Å². The summed E-state index contributed by atoms with van der Waals surface area (Å²) in [5.74, 6) is -0.368. The quantitative estimate of drug-likeness (QED) is 0.356. The van der Waals surface area contributed by atoms with Crippen LogP contribution < -0.4 is 0 Å². The van der Waals surface area contributed by atoms with Gasteiger partial charge in [-0.3, -0.25) is 4.79 Å². The van der Waals surface area contributed by atoms with E-state index in [0.29, 0.717) is 12.3 Å². The molecule has 0 aliphatic heterocycles. The van der Waals surface area contributed by atoms with Gasteiger partial charge in [0, 0.05) is 11.8 Å². The highest BCUT2D eigenvalue weighted by Crippen LogP contribution is 2.01. The Bertz CT molecular complexity index is 416. The van der Waals surface area contributed by atoms with Gasteiger partial charge in [0.1, 0.15) is 0 Å². The van der Waals surface area contributed by atoms with Crippen LogP contribution in [0.15, 0.2) is 30.4 Å². The van der Waals surface area contributed by atoms with Crippen LogP contribution in [0.2, 0.25) is 0 Å². The summed E-state index contributed by atoms with van der Waals surface area (Å²) < 4.78 is 4.70. The fourth-order valence-corrected chi connectivity index (χ4v) is 1.08. The normalized spacial score (nSPS) is 11.1. The van der Waals surface area contributed by atoms with E-state index in [9.17, 15) is 9.59 Å². The maximum Gasteiger partial charge on any atom is 0.330 e. The minimum atomic E-state index is -0.368. The molecule has 0 bridgehead atoms. The second-order valence-electron chi connectivity index (χ2n) is 2.96. The van der Waals surface area contributed by atoms with E-state index >= 15 is 0 Å². The van der Waals surface area contributed by atoms with Crippen molar-refractivity contribution in [3.05, 3.63) is 41.7 Å². The first-order chi connectivity index (χ1) is 7.76. The first kappa shape index (κ1) is 12.0. The zero-order valence-electron chi connectivity index (χ0n) is 8.97. The summed E-state index contributed by atoms with van der Waals surface area (Å²) in [7, 11) is 0. The number of allylic oxidation sites excluding steroid dienone is 2. The molecule has 0 atom stereocenters. The molecule has 1 heterocycles. The summed E-state index contributed by atoms with van der Waals surface area (Å²) in [6.07, 6.45) is 7.11. The molecular formula is C12H13NO3. The van der Waals surface area contributed by atoms with E-state index in [4.69, 9.17) is 4.74 Å². The Kier molecular flexibility index (Phi) is 4.79. The van der Waals surface area contributed by atoms with Gasteiger partial charge >= 0.3 is 5.97 Å². The Morgan fingerprint density at radius 3 is 2.75 bits per heavy atom. The standard InChI is InChI=1S/C12H13NO3/c1-2-16-12(15)6-4-3-5-10-7-8-11(9-14)13-10/h3-9,13H,2H2,1H3/b5-3-,6-4-. The average molecular weight is 219 g/mol. The first-order valence-corrected chi connectivity index (χ1v) is 4.92. The number of hydrogen-bond acceptors (Lipinski definition) is 3. The highest BCUT2D eigenvalue weighted by atomic mass is 16.5. The van der Waals surface area contributed by atoms with Gasteiger partial charge in [-0.15, -0.1) is 0 Å². The lowest BCUT2D eigenvalue weighted by atomic mass is 10.3. The van der Waals surface area contributed by atoms with Crippen molar-refractivity contribution in [3.63, 3.8) is 0 Å². The van der Waals surface area contributed by atoms with E-state index in [0.717, 1.165) is 12.0 Å². The van der Waals surface area contributed by atoms with Crippen LogP contribution in [0.5, 0.6) is 0 Å². The molecule has 0 unspecified atom stereocenters.